The van der Waals surface area contributed by atoms with Crippen molar-refractivity contribution in [2.45, 2.75) is 24.8 Å². The third kappa shape index (κ3) is 3.71. The van der Waals surface area contributed by atoms with Gasteiger partial charge in [-0.1, -0.05) is 53.7 Å². The second kappa shape index (κ2) is 7.20. The van der Waals surface area contributed by atoms with Gasteiger partial charge >= 0.3 is 0 Å². The van der Waals surface area contributed by atoms with E-state index in [4.69, 9.17) is 9.73 Å². The minimum atomic E-state index is -3.06. The molecule has 27 heavy (non-hydrogen) atoms. The number of methoxy groups -OCH3 is 1. The average Bonchev–Trinajstić information content (AvgIpc) is 3.11. The molecule has 2 aliphatic heterocycles. The molecule has 0 aliphatic carbocycles. The van der Waals surface area contributed by atoms with E-state index in [1.54, 1.807) is 18.9 Å². The zero-order valence-corrected chi connectivity index (χ0v) is 17.0. The second-order valence-electron chi connectivity index (χ2n) is 6.94. The number of rotatable bonds is 4. The highest BCUT2D eigenvalue weighted by Gasteiger charge is 2.47. The lowest BCUT2D eigenvalue weighted by Gasteiger charge is -2.27. The molecular formula is C20H22N2O3S2. The van der Waals surface area contributed by atoms with Crippen molar-refractivity contribution in [3.63, 3.8) is 0 Å². The minimum Gasteiger partial charge on any atom is -0.495 e. The van der Waals surface area contributed by atoms with Crippen LogP contribution in [0.3, 0.4) is 0 Å². The number of nitrogens with zero attached hydrogens (tertiary/aromatic N) is 2. The van der Waals surface area contributed by atoms with Gasteiger partial charge in [-0.2, -0.15) is 0 Å². The standard InChI is InChI=1S/C20H22N2O3S2/c1-14-6-5-7-15(10-14)11-26-20-21-16-12-27(23,24)13-18(16)22(20)17-8-3-4-9-19(17)25-2/h3-10,16,18H,11-13H2,1-2H3/t16-,18-/m0/s1. The zero-order chi connectivity index (χ0) is 19.0. The Bertz CT molecular complexity index is 988. The summed E-state index contributed by atoms with van der Waals surface area (Å²) in [6.45, 7) is 2.08. The molecule has 0 saturated carbocycles. The molecule has 2 aromatic carbocycles. The van der Waals surface area contributed by atoms with Crippen molar-refractivity contribution in [3.8, 4) is 5.75 Å². The van der Waals surface area contributed by atoms with Crippen molar-refractivity contribution in [3.05, 3.63) is 59.7 Å². The van der Waals surface area contributed by atoms with Crippen LogP contribution in [-0.2, 0) is 15.6 Å². The summed E-state index contributed by atoms with van der Waals surface area (Å²) in [6.07, 6.45) is 0. The fourth-order valence-corrected chi connectivity index (χ4v) is 6.60. The van der Waals surface area contributed by atoms with Gasteiger partial charge in [0.05, 0.1) is 36.4 Å². The summed E-state index contributed by atoms with van der Waals surface area (Å²) in [7, 11) is -1.43. The van der Waals surface area contributed by atoms with E-state index in [1.807, 2.05) is 24.3 Å². The molecule has 0 N–H and O–H groups in total. The van der Waals surface area contributed by atoms with Gasteiger partial charge in [0.15, 0.2) is 15.0 Å². The van der Waals surface area contributed by atoms with Crippen molar-refractivity contribution in [2.75, 3.05) is 23.5 Å². The molecule has 142 valence electrons. The summed E-state index contributed by atoms with van der Waals surface area (Å²) >= 11 is 1.65. The van der Waals surface area contributed by atoms with Gasteiger partial charge in [-0.3, -0.25) is 4.99 Å². The van der Waals surface area contributed by atoms with Crippen molar-refractivity contribution in [1.29, 1.82) is 0 Å². The Hall–Kier alpha value is -1.99. The first-order valence-corrected chi connectivity index (χ1v) is 11.7. The summed E-state index contributed by atoms with van der Waals surface area (Å²) in [5.74, 6) is 1.77. The minimum absolute atomic E-state index is 0.123. The van der Waals surface area contributed by atoms with Gasteiger partial charge in [-0.05, 0) is 24.6 Å². The molecule has 7 heteroatoms. The number of hydrogen-bond donors (Lipinski definition) is 0. The van der Waals surface area contributed by atoms with Crippen LogP contribution in [0.2, 0.25) is 0 Å². The number of sulfone groups is 1. The Labute approximate surface area is 164 Å². The number of ether oxygens (including phenoxy) is 1. The Balaban J connectivity index is 1.65. The SMILES string of the molecule is COc1ccccc1N1C(SCc2cccc(C)c2)=N[C@H]2CS(=O)(=O)C[C@@H]21. The number of amidine groups is 1. The maximum atomic E-state index is 12.2. The lowest BCUT2D eigenvalue weighted by Crippen LogP contribution is -2.39. The molecule has 0 spiro atoms. The zero-order valence-electron chi connectivity index (χ0n) is 15.3. The molecular weight excluding hydrogens is 380 g/mol. The largest absolute Gasteiger partial charge is 0.495 e. The predicted octanol–water partition coefficient (Wildman–Crippen LogP) is 3.28. The van der Waals surface area contributed by atoms with E-state index in [-0.39, 0.29) is 23.6 Å². The molecule has 2 aliphatic rings. The summed E-state index contributed by atoms with van der Waals surface area (Å²) in [5.41, 5.74) is 3.33. The average molecular weight is 403 g/mol. The summed E-state index contributed by atoms with van der Waals surface area (Å²) in [4.78, 5) is 6.85. The Morgan fingerprint density at radius 3 is 2.78 bits per heavy atom. The normalized spacial score (nSPS) is 23.2. The molecule has 0 unspecified atom stereocenters. The number of aryl methyl sites for hydroxylation is 1. The number of aliphatic imine (C=N–C) groups is 1. The number of para-hydroxylation sites is 2. The number of anilines is 1. The van der Waals surface area contributed by atoms with E-state index in [2.05, 4.69) is 36.1 Å². The lowest BCUT2D eigenvalue weighted by molar-refractivity contribution is 0.415. The summed E-state index contributed by atoms with van der Waals surface area (Å²) < 4.78 is 29.9. The molecule has 2 atom stereocenters. The first-order valence-electron chi connectivity index (χ1n) is 8.86. The van der Waals surface area contributed by atoms with Gasteiger partial charge < -0.3 is 9.64 Å². The van der Waals surface area contributed by atoms with Gasteiger partial charge in [0.2, 0.25) is 0 Å². The second-order valence-corrected chi connectivity index (χ2v) is 10.0. The number of benzene rings is 2. The molecule has 0 bridgehead atoms. The Morgan fingerprint density at radius 1 is 1.19 bits per heavy atom. The molecule has 4 rings (SSSR count). The highest BCUT2D eigenvalue weighted by molar-refractivity contribution is 8.13. The van der Waals surface area contributed by atoms with Crippen LogP contribution in [0.25, 0.3) is 0 Å². The Morgan fingerprint density at radius 2 is 2.00 bits per heavy atom. The van der Waals surface area contributed by atoms with E-state index < -0.39 is 9.84 Å². The topological polar surface area (TPSA) is 59.0 Å². The van der Waals surface area contributed by atoms with Gasteiger partial charge in [0, 0.05) is 5.75 Å². The van der Waals surface area contributed by atoms with Crippen molar-refractivity contribution < 1.29 is 13.2 Å². The highest BCUT2D eigenvalue weighted by atomic mass is 32.2. The molecule has 1 saturated heterocycles. The van der Waals surface area contributed by atoms with E-state index in [0.717, 1.165) is 22.4 Å². The lowest BCUT2D eigenvalue weighted by atomic mass is 10.1. The highest BCUT2D eigenvalue weighted by Crippen LogP contribution is 2.39. The molecule has 0 radical (unpaired) electrons. The van der Waals surface area contributed by atoms with Crippen LogP contribution in [0, 0.1) is 6.92 Å². The fourth-order valence-electron chi connectivity index (χ4n) is 3.69. The van der Waals surface area contributed by atoms with Crippen molar-refractivity contribution >= 4 is 32.5 Å². The predicted molar refractivity (Wildman–Crippen MR) is 112 cm³/mol. The first kappa shape index (κ1) is 18.4. The van der Waals surface area contributed by atoms with Crippen LogP contribution in [-0.4, -0.2) is 44.3 Å². The number of fused-ring (bicyclic) bond motifs is 1. The molecule has 2 heterocycles. The molecule has 2 aromatic rings. The molecule has 1 fully saturated rings. The van der Waals surface area contributed by atoms with Gasteiger partial charge in [-0.25, -0.2) is 8.42 Å². The first-order chi connectivity index (χ1) is 13.0. The number of thioether (sulfide) groups is 1. The monoisotopic (exact) mass is 402 g/mol. The van der Waals surface area contributed by atoms with Crippen LogP contribution >= 0.6 is 11.8 Å². The molecule has 5 nitrogen and oxygen atoms in total. The quantitative estimate of drug-likeness (QED) is 0.786. The summed E-state index contributed by atoms with van der Waals surface area (Å²) in [5, 5.41) is 0.867. The smallest absolute Gasteiger partial charge is 0.164 e. The van der Waals surface area contributed by atoms with E-state index in [9.17, 15) is 8.42 Å². The van der Waals surface area contributed by atoms with Crippen LogP contribution in [0.5, 0.6) is 5.75 Å². The maximum Gasteiger partial charge on any atom is 0.164 e. The van der Waals surface area contributed by atoms with Crippen LogP contribution in [0.15, 0.2) is 53.5 Å². The van der Waals surface area contributed by atoms with E-state index >= 15 is 0 Å². The van der Waals surface area contributed by atoms with Crippen LogP contribution < -0.4 is 9.64 Å². The van der Waals surface area contributed by atoms with Crippen LogP contribution in [0.4, 0.5) is 5.69 Å². The third-order valence-corrected chi connectivity index (χ3v) is 7.64. The Kier molecular flexibility index (Phi) is 4.90. The van der Waals surface area contributed by atoms with E-state index in [1.165, 1.54) is 11.1 Å². The van der Waals surface area contributed by atoms with Gasteiger partial charge in [0.1, 0.15) is 5.75 Å². The van der Waals surface area contributed by atoms with Gasteiger partial charge in [0.25, 0.3) is 0 Å². The van der Waals surface area contributed by atoms with Crippen molar-refractivity contribution in [2.24, 2.45) is 4.99 Å². The maximum absolute atomic E-state index is 12.2. The van der Waals surface area contributed by atoms with E-state index in [0.29, 0.717) is 0 Å². The number of hydrogen-bond acceptors (Lipinski definition) is 6. The molecule has 0 aromatic heterocycles. The molecule has 0 amide bonds. The summed E-state index contributed by atoms with van der Waals surface area (Å²) in [6, 6.07) is 15.8. The fraction of sp³-hybridized carbons (Fsp3) is 0.350. The van der Waals surface area contributed by atoms with Gasteiger partial charge in [-0.15, -0.1) is 0 Å². The third-order valence-electron chi connectivity index (χ3n) is 4.90. The van der Waals surface area contributed by atoms with Crippen molar-refractivity contribution in [1.82, 2.24) is 0 Å². The van der Waals surface area contributed by atoms with Crippen LogP contribution in [0.1, 0.15) is 11.1 Å².